The highest BCUT2D eigenvalue weighted by molar-refractivity contribution is 6.14. The van der Waals surface area contributed by atoms with Gasteiger partial charge in [-0.05, 0) is 48.9 Å². The van der Waals surface area contributed by atoms with E-state index in [1.54, 1.807) is 18.2 Å². The van der Waals surface area contributed by atoms with Gasteiger partial charge in [-0.15, -0.1) is 0 Å². The first-order valence-corrected chi connectivity index (χ1v) is 11.5. The molecule has 4 aromatic rings. The molecule has 4 rings (SSSR count). The number of benzene rings is 3. The normalized spacial score (nSPS) is 11.9. The number of aromatic amines is 1. The highest BCUT2D eigenvalue weighted by atomic mass is 16.3. The van der Waals surface area contributed by atoms with Crippen molar-refractivity contribution in [3.05, 3.63) is 95.1 Å². The fourth-order valence-corrected chi connectivity index (χ4v) is 4.20. The number of nitrogens with one attached hydrogen (secondary N) is 1. The second kappa shape index (κ2) is 10.4. The molecule has 0 fully saturated rings. The van der Waals surface area contributed by atoms with Crippen LogP contribution in [0, 0.1) is 0 Å². The molecule has 3 aromatic carbocycles. The van der Waals surface area contributed by atoms with Crippen molar-refractivity contribution in [2.24, 2.45) is 10.7 Å². The molecule has 0 atom stereocenters. The summed E-state index contributed by atoms with van der Waals surface area (Å²) in [7, 11) is 2.11. The van der Waals surface area contributed by atoms with E-state index >= 15 is 0 Å². The van der Waals surface area contributed by atoms with Crippen LogP contribution in [-0.4, -0.2) is 33.7 Å². The van der Waals surface area contributed by atoms with Crippen LogP contribution >= 0.6 is 0 Å². The summed E-state index contributed by atoms with van der Waals surface area (Å²) < 4.78 is 0. The molecule has 6 heteroatoms. The van der Waals surface area contributed by atoms with Crippen LogP contribution in [0.25, 0.3) is 10.9 Å². The minimum atomic E-state index is -0.505. The van der Waals surface area contributed by atoms with Crippen molar-refractivity contribution in [1.82, 2.24) is 9.88 Å². The number of hydrogen-bond donors (Lipinski definition) is 3. The van der Waals surface area contributed by atoms with Crippen LogP contribution in [0.2, 0.25) is 0 Å². The molecule has 1 heterocycles. The summed E-state index contributed by atoms with van der Waals surface area (Å²) in [6.07, 6.45) is 1.59. The number of aromatic nitrogens is 1. The second-order valence-electron chi connectivity index (χ2n) is 8.61. The van der Waals surface area contributed by atoms with Crippen LogP contribution in [-0.2, 0) is 13.1 Å². The van der Waals surface area contributed by atoms with Gasteiger partial charge in [0.05, 0.1) is 17.0 Å². The average molecular weight is 455 g/mol. The molecular formula is C28H30N4O2. The Morgan fingerprint density at radius 2 is 1.68 bits per heavy atom. The van der Waals surface area contributed by atoms with E-state index < -0.39 is 5.91 Å². The van der Waals surface area contributed by atoms with Crippen molar-refractivity contribution >= 4 is 28.2 Å². The van der Waals surface area contributed by atoms with Crippen molar-refractivity contribution in [2.45, 2.75) is 32.9 Å². The van der Waals surface area contributed by atoms with E-state index in [1.165, 1.54) is 11.1 Å². The SMILES string of the molecule is CCCC(=Nc1ccc(CN(C)Cc2ccccc2)cc1)c1c(O)[nH]c2cc(C(N)=O)ccc12. The lowest BCUT2D eigenvalue weighted by Crippen LogP contribution is -2.17. The number of amides is 1. The maximum atomic E-state index is 11.5. The van der Waals surface area contributed by atoms with Gasteiger partial charge in [0.25, 0.3) is 0 Å². The zero-order valence-corrected chi connectivity index (χ0v) is 19.6. The first kappa shape index (κ1) is 23.3. The summed E-state index contributed by atoms with van der Waals surface area (Å²) in [5, 5.41) is 11.5. The van der Waals surface area contributed by atoms with Gasteiger partial charge in [-0.25, -0.2) is 0 Å². The van der Waals surface area contributed by atoms with Crippen molar-refractivity contribution in [2.75, 3.05) is 7.05 Å². The first-order chi connectivity index (χ1) is 16.4. The minimum Gasteiger partial charge on any atom is -0.494 e. The number of carbonyl (C=O) groups is 1. The third-order valence-electron chi connectivity index (χ3n) is 5.79. The number of carbonyl (C=O) groups excluding carboxylic acids is 1. The maximum absolute atomic E-state index is 11.5. The Morgan fingerprint density at radius 3 is 2.32 bits per heavy atom. The summed E-state index contributed by atoms with van der Waals surface area (Å²) >= 11 is 0. The number of fused-ring (bicyclic) bond motifs is 1. The van der Waals surface area contributed by atoms with Gasteiger partial charge < -0.3 is 15.8 Å². The maximum Gasteiger partial charge on any atom is 0.248 e. The molecule has 0 spiro atoms. The molecule has 0 aliphatic heterocycles. The van der Waals surface area contributed by atoms with E-state index in [4.69, 9.17) is 10.7 Å². The molecule has 6 nitrogen and oxygen atoms in total. The lowest BCUT2D eigenvalue weighted by atomic mass is 10.0. The fourth-order valence-electron chi connectivity index (χ4n) is 4.20. The summed E-state index contributed by atoms with van der Waals surface area (Å²) in [5.41, 5.74) is 11.2. The Hall–Kier alpha value is -3.90. The van der Waals surface area contributed by atoms with Crippen molar-refractivity contribution in [3.63, 3.8) is 0 Å². The van der Waals surface area contributed by atoms with Crippen LogP contribution in [0.3, 0.4) is 0 Å². The lowest BCUT2D eigenvalue weighted by Gasteiger charge is -2.17. The molecule has 1 amide bonds. The molecule has 0 saturated carbocycles. The van der Waals surface area contributed by atoms with E-state index in [9.17, 15) is 9.90 Å². The van der Waals surface area contributed by atoms with Crippen molar-refractivity contribution in [1.29, 1.82) is 0 Å². The molecule has 0 aliphatic carbocycles. The number of nitrogens with zero attached hydrogens (tertiary/aromatic N) is 2. The topological polar surface area (TPSA) is 94.7 Å². The molecular weight excluding hydrogens is 424 g/mol. The number of aliphatic imine (C=N–C) groups is 1. The van der Waals surface area contributed by atoms with Crippen LogP contribution in [0.5, 0.6) is 5.88 Å². The number of nitrogens with two attached hydrogens (primary N) is 1. The number of hydrogen-bond acceptors (Lipinski definition) is 4. The van der Waals surface area contributed by atoms with E-state index in [0.29, 0.717) is 23.1 Å². The Morgan fingerprint density at radius 1 is 1.00 bits per heavy atom. The minimum absolute atomic E-state index is 0.0444. The summed E-state index contributed by atoms with van der Waals surface area (Å²) in [5.74, 6) is -0.461. The summed E-state index contributed by atoms with van der Waals surface area (Å²) in [4.78, 5) is 21.6. The van der Waals surface area contributed by atoms with Crippen molar-refractivity contribution < 1.29 is 9.90 Å². The summed E-state index contributed by atoms with van der Waals surface area (Å²) in [6.45, 7) is 3.81. The Kier molecular flexibility index (Phi) is 7.09. The second-order valence-corrected chi connectivity index (χ2v) is 8.61. The molecule has 174 valence electrons. The number of primary amides is 1. The fraction of sp³-hybridized carbons (Fsp3) is 0.214. The third-order valence-corrected chi connectivity index (χ3v) is 5.79. The van der Waals surface area contributed by atoms with E-state index in [-0.39, 0.29) is 5.88 Å². The zero-order valence-electron chi connectivity index (χ0n) is 19.6. The van der Waals surface area contributed by atoms with Crippen LogP contribution in [0.15, 0.2) is 77.8 Å². The number of aromatic hydroxyl groups is 1. The Bertz CT molecular complexity index is 1310. The molecule has 34 heavy (non-hydrogen) atoms. The van der Waals surface area contributed by atoms with Gasteiger partial charge in [-0.2, -0.15) is 0 Å². The highest BCUT2D eigenvalue weighted by Gasteiger charge is 2.17. The molecule has 0 radical (unpaired) electrons. The van der Waals surface area contributed by atoms with E-state index in [0.717, 1.165) is 36.3 Å². The highest BCUT2D eigenvalue weighted by Crippen LogP contribution is 2.31. The van der Waals surface area contributed by atoms with E-state index in [1.807, 2.05) is 18.2 Å². The average Bonchev–Trinajstić information content (AvgIpc) is 3.15. The van der Waals surface area contributed by atoms with Gasteiger partial charge in [0.1, 0.15) is 0 Å². The van der Waals surface area contributed by atoms with Gasteiger partial charge in [0, 0.05) is 29.6 Å². The van der Waals surface area contributed by atoms with E-state index in [2.05, 4.69) is 60.3 Å². The van der Waals surface area contributed by atoms with Gasteiger partial charge in [-0.1, -0.05) is 61.9 Å². The predicted molar refractivity (Wildman–Crippen MR) is 138 cm³/mol. The first-order valence-electron chi connectivity index (χ1n) is 11.5. The van der Waals surface area contributed by atoms with Crippen LogP contribution in [0.4, 0.5) is 5.69 Å². The monoisotopic (exact) mass is 454 g/mol. The van der Waals surface area contributed by atoms with Crippen molar-refractivity contribution in [3.8, 4) is 5.88 Å². The quantitative estimate of drug-likeness (QED) is 0.290. The zero-order chi connectivity index (χ0) is 24.1. The van der Waals surface area contributed by atoms with Gasteiger partial charge in [0.2, 0.25) is 5.91 Å². The molecule has 4 N–H and O–H groups in total. The third kappa shape index (κ3) is 5.35. The smallest absolute Gasteiger partial charge is 0.248 e. The molecule has 1 aromatic heterocycles. The molecule has 0 bridgehead atoms. The summed E-state index contributed by atoms with van der Waals surface area (Å²) in [6, 6.07) is 23.8. The molecule has 0 saturated heterocycles. The van der Waals surface area contributed by atoms with Crippen LogP contribution < -0.4 is 5.73 Å². The molecule has 0 unspecified atom stereocenters. The predicted octanol–water partition coefficient (Wildman–Crippen LogP) is 5.53. The van der Waals surface area contributed by atoms with Gasteiger partial charge >= 0.3 is 0 Å². The van der Waals surface area contributed by atoms with Gasteiger partial charge in [0.15, 0.2) is 5.88 Å². The number of H-pyrrole nitrogens is 1. The Balaban J connectivity index is 1.56. The lowest BCUT2D eigenvalue weighted by molar-refractivity contribution is 0.100. The Labute approximate surface area is 199 Å². The van der Waals surface area contributed by atoms with Crippen LogP contribution in [0.1, 0.15) is 46.8 Å². The van der Waals surface area contributed by atoms with Gasteiger partial charge in [-0.3, -0.25) is 14.7 Å². The largest absolute Gasteiger partial charge is 0.494 e. The standard InChI is InChI=1S/C28H30N4O2/c1-3-7-24(26-23-15-12-21(27(29)33)16-25(23)31-28(26)34)30-22-13-10-20(11-14-22)18-32(2)17-19-8-5-4-6-9-19/h4-6,8-16,31,34H,3,7,17-18H2,1-2H3,(H2,29,33). The molecule has 0 aliphatic rings. The number of rotatable bonds is 9.